The number of nitrogens with zero attached hydrogens (tertiary/aromatic N) is 1. The van der Waals surface area contributed by atoms with Gasteiger partial charge in [0.25, 0.3) is 0 Å². The molecule has 3 heterocycles. The lowest BCUT2D eigenvalue weighted by atomic mass is 9.80. The van der Waals surface area contributed by atoms with Crippen LogP contribution >= 0.6 is 0 Å². The molecule has 17 heavy (non-hydrogen) atoms. The molecule has 0 saturated carbocycles. The average molecular weight is 230 g/mol. The van der Waals surface area contributed by atoms with Crippen molar-refractivity contribution in [1.82, 2.24) is 4.90 Å². The number of carbonyl (C=O) groups is 1. The van der Waals surface area contributed by atoms with Crippen molar-refractivity contribution in [3.05, 3.63) is 35.4 Å². The molecule has 3 heteroatoms. The average Bonchev–Trinajstić information content (AvgIpc) is 2.40. The Morgan fingerprint density at radius 3 is 2.65 bits per heavy atom. The number of hydrogen-bond donors (Lipinski definition) is 1. The minimum absolute atomic E-state index is 0.331. The van der Waals surface area contributed by atoms with Crippen LogP contribution in [0, 0.1) is 5.92 Å². The largest absolute Gasteiger partial charge is 0.366 e. The first-order valence-electron chi connectivity index (χ1n) is 6.38. The first kappa shape index (κ1) is 10.8. The van der Waals surface area contributed by atoms with E-state index in [1.165, 1.54) is 37.9 Å². The van der Waals surface area contributed by atoms with Gasteiger partial charge in [0.1, 0.15) is 0 Å². The highest BCUT2D eigenvalue weighted by atomic mass is 16.1. The number of amides is 1. The molecule has 2 N–H and O–H groups in total. The van der Waals surface area contributed by atoms with E-state index in [0.29, 0.717) is 11.6 Å². The van der Waals surface area contributed by atoms with E-state index in [4.69, 9.17) is 5.73 Å². The highest BCUT2D eigenvalue weighted by Gasteiger charge is 2.34. The van der Waals surface area contributed by atoms with E-state index < -0.39 is 0 Å². The Morgan fingerprint density at radius 2 is 2.06 bits per heavy atom. The zero-order chi connectivity index (χ0) is 11.8. The van der Waals surface area contributed by atoms with Crippen LogP contribution < -0.4 is 5.73 Å². The van der Waals surface area contributed by atoms with Crippen LogP contribution in [0.3, 0.4) is 0 Å². The summed E-state index contributed by atoms with van der Waals surface area (Å²) < 4.78 is 0. The molecule has 4 rings (SSSR count). The van der Waals surface area contributed by atoms with Gasteiger partial charge in [0.05, 0.1) is 0 Å². The third kappa shape index (κ3) is 1.95. The molecule has 0 aromatic heterocycles. The summed E-state index contributed by atoms with van der Waals surface area (Å²) in [5.74, 6) is 0.546. The molecular formula is C14H18N2O. The van der Waals surface area contributed by atoms with Crippen LogP contribution in [0.25, 0.3) is 0 Å². The van der Waals surface area contributed by atoms with E-state index in [1.807, 2.05) is 12.1 Å². The Balaban J connectivity index is 1.88. The number of rotatable bonds is 2. The van der Waals surface area contributed by atoms with Crippen LogP contribution in [0.1, 0.15) is 41.2 Å². The summed E-state index contributed by atoms with van der Waals surface area (Å²) in [4.78, 5) is 13.7. The molecule has 3 fully saturated rings. The maximum atomic E-state index is 11.2. The standard InChI is InChI=1S/C14H18N2O/c15-14(17)12-3-1-2-11(9-12)13-8-10-4-6-16(13)7-5-10/h1-3,9-10,13H,4-8H2,(H2,15,17). The number of carbonyl (C=O) groups excluding carboxylic acids is 1. The second-order valence-electron chi connectivity index (χ2n) is 5.22. The van der Waals surface area contributed by atoms with Crippen LogP contribution in [0.2, 0.25) is 0 Å². The second-order valence-corrected chi connectivity index (χ2v) is 5.22. The Bertz CT molecular complexity index is 436. The molecule has 1 aromatic carbocycles. The summed E-state index contributed by atoms with van der Waals surface area (Å²) in [5.41, 5.74) is 7.22. The van der Waals surface area contributed by atoms with E-state index in [2.05, 4.69) is 11.0 Å². The van der Waals surface area contributed by atoms with Gasteiger partial charge in [-0.3, -0.25) is 9.69 Å². The molecule has 3 aliphatic rings. The minimum atomic E-state index is -0.331. The molecule has 2 bridgehead atoms. The first-order chi connectivity index (χ1) is 8.24. The zero-order valence-electron chi connectivity index (χ0n) is 9.93. The first-order valence-corrected chi connectivity index (χ1v) is 6.38. The monoisotopic (exact) mass is 230 g/mol. The van der Waals surface area contributed by atoms with Crippen LogP contribution in [-0.2, 0) is 0 Å². The number of piperidine rings is 3. The van der Waals surface area contributed by atoms with Gasteiger partial charge >= 0.3 is 0 Å². The molecule has 90 valence electrons. The number of nitrogens with two attached hydrogens (primary N) is 1. The van der Waals surface area contributed by atoms with Crippen molar-refractivity contribution in [2.75, 3.05) is 13.1 Å². The zero-order valence-corrected chi connectivity index (χ0v) is 9.93. The van der Waals surface area contributed by atoms with Gasteiger partial charge in [0, 0.05) is 11.6 Å². The second kappa shape index (κ2) is 4.15. The van der Waals surface area contributed by atoms with Crippen LogP contribution in [0.15, 0.2) is 24.3 Å². The number of benzene rings is 1. The van der Waals surface area contributed by atoms with Gasteiger partial charge in [-0.2, -0.15) is 0 Å². The number of primary amides is 1. The highest BCUT2D eigenvalue weighted by Crippen LogP contribution is 2.40. The van der Waals surface area contributed by atoms with E-state index in [-0.39, 0.29) is 5.91 Å². The fourth-order valence-corrected chi connectivity index (χ4v) is 3.21. The van der Waals surface area contributed by atoms with Gasteiger partial charge in [-0.15, -0.1) is 0 Å². The number of fused-ring (bicyclic) bond motifs is 3. The fourth-order valence-electron chi connectivity index (χ4n) is 3.21. The van der Waals surface area contributed by atoms with Crippen molar-refractivity contribution in [3.63, 3.8) is 0 Å². The van der Waals surface area contributed by atoms with Crippen molar-refractivity contribution in [1.29, 1.82) is 0 Å². The summed E-state index contributed by atoms with van der Waals surface area (Å²) in [6, 6.07) is 8.33. The minimum Gasteiger partial charge on any atom is -0.366 e. The van der Waals surface area contributed by atoms with Crippen molar-refractivity contribution >= 4 is 5.91 Å². The van der Waals surface area contributed by atoms with Gasteiger partial charge in [-0.05, 0) is 56.0 Å². The molecule has 1 unspecified atom stereocenters. The molecule has 1 amide bonds. The van der Waals surface area contributed by atoms with Crippen molar-refractivity contribution in [2.45, 2.75) is 25.3 Å². The topological polar surface area (TPSA) is 46.3 Å². The van der Waals surface area contributed by atoms with Crippen LogP contribution in [0.4, 0.5) is 0 Å². The molecule has 0 aliphatic carbocycles. The molecule has 1 aromatic rings. The summed E-state index contributed by atoms with van der Waals surface area (Å²) in [6.45, 7) is 2.41. The van der Waals surface area contributed by atoms with E-state index in [1.54, 1.807) is 6.07 Å². The molecule has 3 aliphatic heterocycles. The summed E-state index contributed by atoms with van der Waals surface area (Å²) in [5, 5.41) is 0. The summed E-state index contributed by atoms with van der Waals surface area (Å²) in [6.07, 6.45) is 3.92. The Kier molecular flexibility index (Phi) is 2.63. The quantitative estimate of drug-likeness (QED) is 0.844. The smallest absolute Gasteiger partial charge is 0.248 e. The SMILES string of the molecule is NC(=O)c1cccc(C2CC3CCN2CC3)c1. The predicted octanol–water partition coefficient (Wildman–Crippen LogP) is 1.94. The van der Waals surface area contributed by atoms with Crippen LogP contribution in [-0.4, -0.2) is 23.9 Å². The molecule has 0 spiro atoms. The van der Waals surface area contributed by atoms with Crippen molar-refractivity contribution in [2.24, 2.45) is 11.7 Å². The normalized spacial score (nSPS) is 31.4. The van der Waals surface area contributed by atoms with Crippen molar-refractivity contribution < 1.29 is 4.79 Å². The summed E-state index contributed by atoms with van der Waals surface area (Å²) in [7, 11) is 0. The van der Waals surface area contributed by atoms with E-state index >= 15 is 0 Å². The Hall–Kier alpha value is -1.35. The molecule has 3 nitrogen and oxygen atoms in total. The fraction of sp³-hybridized carbons (Fsp3) is 0.500. The Labute approximate surface area is 102 Å². The van der Waals surface area contributed by atoms with Gasteiger partial charge in [0.15, 0.2) is 0 Å². The molecular weight excluding hydrogens is 212 g/mol. The summed E-state index contributed by atoms with van der Waals surface area (Å²) >= 11 is 0. The Morgan fingerprint density at radius 1 is 1.29 bits per heavy atom. The van der Waals surface area contributed by atoms with E-state index in [9.17, 15) is 4.79 Å². The lowest BCUT2D eigenvalue weighted by Crippen LogP contribution is -2.43. The lowest BCUT2D eigenvalue weighted by molar-refractivity contribution is 0.0490. The van der Waals surface area contributed by atoms with Gasteiger partial charge in [-0.25, -0.2) is 0 Å². The molecule has 3 saturated heterocycles. The maximum absolute atomic E-state index is 11.2. The molecule has 0 radical (unpaired) electrons. The van der Waals surface area contributed by atoms with Crippen molar-refractivity contribution in [3.8, 4) is 0 Å². The number of hydrogen-bond acceptors (Lipinski definition) is 2. The maximum Gasteiger partial charge on any atom is 0.248 e. The van der Waals surface area contributed by atoms with Crippen LogP contribution in [0.5, 0.6) is 0 Å². The highest BCUT2D eigenvalue weighted by molar-refractivity contribution is 5.92. The third-order valence-electron chi connectivity index (χ3n) is 4.20. The van der Waals surface area contributed by atoms with E-state index in [0.717, 1.165) is 5.92 Å². The lowest BCUT2D eigenvalue weighted by Gasteiger charge is -2.45. The molecule has 1 atom stereocenters. The third-order valence-corrected chi connectivity index (χ3v) is 4.20. The van der Waals surface area contributed by atoms with Gasteiger partial charge < -0.3 is 5.73 Å². The van der Waals surface area contributed by atoms with Gasteiger partial charge in [0.2, 0.25) is 5.91 Å². The predicted molar refractivity (Wildman–Crippen MR) is 66.6 cm³/mol. The van der Waals surface area contributed by atoms with Gasteiger partial charge in [-0.1, -0.05) is 12.1 Å².